The number of thioether (sulfide) groups is 1. The molecule has 4 rings (SSSR count). The molecule has 3 fully saturated rings. The van der Waals surface area contributed by atoms with Crippen molar-refractivity contribution in [3.05, 3.63) is 29.8 Å². The molecule has 1 saturated carbocycles. The molecular weight excluding hydrogens is 268 g/mol. The van der Waals surface area contributed by atoms with E-state index in [1.54, 1.807) is 0 Å². The zero-order valence-corrected chi connectivity index (χ0v) is 12.6. The second kappa shape index (κ2) is 4.60. The lowest BCUT2D eigenvalue weighted by Crippen LogP contribution is -2.43. The van der Waals surface area contributed by atoms with Gasteiger partial charge >= 0.3 is 0 Å². The molecule has 106 valence electrons. The van der Waals surface area contributed by atoms with Crippen molar-refractivity contribution in [2.24, 2.45) is 5.92 Å². The SMILES string of the molecule is Cc1ccc(S[C@H]2C[C@H]3CCC[C@]34CC(=O)[C@H]2O4)cc1. The average Bonchev–Trinajstić information content (AvgIpc) is 2.95. The van der Waals surface area contributed by atoms with Crippen LogP contribution in [0.3, 0.4) is 0 Å². The first-order valence-electron chi connectivity index (χ1n) is 7.60. The minimum Gasteiger partial charge on any atom is -0.362 e. The van der Waals surface area contributed by atoms with Crippen LogP contribution in [0.2, 0.25) is 0 Å². The van der Waals surface area contributed by atoms with Gasteiger partial charge in [-0.25, -0.2) is 0 Å². The molecule has 1 aromatic carbocycles. The van der Waals surface area contributed by atoms with Crippen molar-refractivity contribution in [3.63, 3.8) is 0 Å². The molecule has 0 aromatic heterocycles. The van der Waals surface area contributed by atoms with E-state index in [-0.39, 0.29) is 11.7 Å². The van der Waals surface area contributed by atoms with Gasteiger partial charge in [-0.1, -0.05) is 24.1 Å². The van der Waals surface area contributed by atoms with E-state index in [0.29, 0.717) is 23.4 Å². The second-order valence-corrected chi connectivity index (χ2v) is 7.85. The first kappa shape index (κ1) is 12.9. The highest BCUT2D eigenvalue weighted by Gasteiger charge is 2.59. The summed E-state index contributed by atoms with van der Waals surface area (Å²) in [5, 5.41) is 0.309. The van der Waals surface area contributed by atoms with Gasteiger partial charge in [0.05, 0.1) is 5.60 Å². The Morgan fingerprint density at radius 1 is 1.30 bits per heavy atom. The molecule has 2 nitrogen and oxygen atoms in total. The minimum absolute atomic E-state index is 0.0634. The molecule has 0 N–H and O–H groups in total. The zero-order chi connectivity index (χ0) is 13.7. The van der Waals surface area contributed by atoms with Crippen molar-refractivity contribution in [1.29, 1.82) is 0 Å². The molecule has 2 aliphatic heterocycles. The minimum atomic E-state index is -0.157. The second-order valence-electron chi connectivity index (χ2n) is 6.54. The Labute approximate surface area is 124 Å². The quantitative estimate of drug-likeness (QED) is 0.829. The first-order chi connectivity index (χ1) is 9.66. The predicted molar refractivity (Wildman–Crippen MR) is 80.0 cm³/mol. The van der Waals surface area contributed by atoms with Crippen molar-refractivity contribution in [3.8, 4) is 0 Å². The van der Waals surface area contributed by atoms with Crippen molar-refractivity contribution in [2.45, 2.75) is 60.9 Å². The lowest BCUT2D eigenvalue weighted by atomic mass is 9.85. The third-order valence-electron chi connectivity index (χ3n) is 5.21. The maximum atomic E-state index is 12.3. The smallest absolute Gasteiger partial charge is 0.165 e. The Bertz CT molecular complexity index is 538. The topological polar surface area (TPSA) is 26.3 Å². The third kappa shape index (κ3) is 1.94. The molecule has 20 heavy (non-hydrogen) atoms. The van der Waals surface area contributed by atoms with E-state index in [4.69, 9.17) is 4.74 Å². The van der Waals surface area contributed by atoms with Gasteiger partial charge in [0.1, 0.15) is 6.10 Å². The van der Waals surface area contributed by atoms with Crippen LogP contribution in [0.5, 0.6) is 0 Å². The molecule has 1 aliphatic carbocycles. The maximum absolute atomic E-state index is 12.3. The summed E-state index contributed by atoms with van der Waals surface area (Å²) in [5.74, 6) is 0.951. The van der Waals surface area contributed by atoms with Gasteiger partial charge in [0, 0.05) is 16.6 Å². The molecule has 2 heterocycles. The Kier molecular flexibility index (Phi) is 2.97. The van der Waals surface area contributed by atoms with Crippen LogP contribution < -0.4 is 0 Å². The van der Waals surface area contributed by atoms with Gasteiger partial charge in [0.2, 0.25) is 0 Å². The summed E-state index contributed by atoms with van der Waals surface area (Å²) in [6.45, 7) is 2.10. The van der Waals surface area contributed by atoms with Crippen molar-refractivity contribution in [2.75, 3.05) is 0 Å². The van der Waals surface area contributed by atoms with Crippen LogP contribution in [-0.2, 0) is 9.53 Å². The molecule has 0 amide bonds. The summed E-state index contributed by atoms with van der Waals surface area (Å²) in [5.41, 5.74) is 1.22. The summed E-state index contributed by atoms with van der Waals surface area (Å²) in [7, 11) is 0. The number of carbonyl (C=O) groups is 1. The van der Waals surface area contributed by atoms with Crippen molar-refractivity contribution < 1.29 is 9.53 Å². The number of ether oxygens (including phenoxy) is 1. The van der Waals surface area contributed by atoms with Crippen LogP contribution in [0, 0.1) is 12.8 Å². The monoisotopic (exact) mass is 288 g/mol. The summed E-state index contributed by atoms with van der Waals surface area (Å²) in [4.78, 5) is 13.6. The average molecular weight is 288 g/mol. The number of benzene rings is 1. The molecule has 4 atom stereocenters. The van der Waals surface area contributed by atoms with Gasteiger partial charge < -0.3 is 4.74 Å². The van der Waals surface area contributed by atoms with Crippen molar-refractivity contribution in [1.82, 2.24) is 0 Å². The third-order valence-corrected chi connectivity index (χ3v) is 6.50. The van der Waals surface area contributed by atoms with Gasteiger partial charge in [0.15, 0.2) is 5.78 Å². The molecule has 0 unspecified atom stereocenters. The number of aryl methyl sites for hydroxylation is 1. The molecule has 3 aliphatic rings. The van der Waals surface area contributed by atoms with Gasteiger partial charge in [-0.05, 0) is 44.2 Å². The fourth-order valence-electron chi connectivity index (χ4n) is 4.18. The Balaban J connectivity index is 1.57. The van der Waals surface area contributed by atoms with Gasteiger partial charge in [-0.3, -0.25) is 4.79 Å². The number of Topliss-reactive ketones (excluding diaryl/α,β-unsaturated/α-hetero) is 1. The zero-order valence-electron chi connectivity index (χ0n) is 11.8. The highest BCUT2D eigenvalue weighted by Crippen LogP contribution is 2.55. The van der Waals surface area contributed by atoms with Crippen LogP contribution in [0.25, 0.3) is 0 Å². The molecule has 3 heteroatoms. The van der Waals surface area contributed by atoms with Crippen molar-refractivity contribution >= 4 is 17.5 Å². The molecule has 0 radical (unpaired) electrons. The summed E-state index contributed by atoms with van der Waals surface area (Å²) >= 11 is 1.84. The van der Waals surface area contributed by atoms with Crippen LogP contribution in [-0.4, -0.2) is 22.7 Å². The van der Waals surface area contributed by atoms with E-state index in [9.17, 15) is 4.79 Å². The van der Waals surface area contributed by atoms with E-state index in [1.165, 1.54) is 23.3 Å². The number of rotatable bonds is 2. The number of fused-ring (bicyclic) bond motifs is 1. The molecule has 1 spiro atoms. The number of ketones is 1. The summed E-state index contributed by atoms with van der Waals surface area (Å²) in [6, 6.07) is 8.61. The Morgan fingerprint density at radius 3 is 2.90 bits per heavy atom. The molecular formula is C17H20O2S. The number of hydrogen-bond donors (Lipinski definition) is 0. The van der Waals surface area contributed by atoms with E-state index < -0.39 is 0 Å². The molecule has 2 saturated heterocycles. The van der Waals surface area contributed by atoms with Gasteiger partial charge in [-0.15, -0.1) is 11.8 Å². The number of carbonyl (C=O) groups excluding carboxylic acids is 1. The highest BCUT2D eigenvalue weighted by molar-refractivity contribution is 8.00. The van der Waals surface area contributed by atoms with E-state index >= 15 is 0 Å². The number of hydrogen-bond acceptors (Lipinski definition) is 3. The maximum Gasteiger partial charge on any atom is 0.165 e. The van der Waals surface area contributed by atoms with Crippen LogP contribution in [0.15, 0.2) is 29.2 Å². The largest absolute Gasteiger partial charge is 0.362 e. The van der Waals surface area contributed by atoms with Crippen LogP contribution >= 0.6 is 11.8 Å². The Morgan fingerprint density at radius 2 is 2.10 bits per heavy atom. The van der Waals surface area contributed by atoms with Gasteiger partial charge in [0.25, 0.3) is 0 Å². The molecule has 1 aromatic rings. The normalized spacial score (nSPS) is 39.0. The lowest BCUT2D eigenvalue weighted by Gasteiger charge is -2.39. The fraction of sp³-hybridized carbons (Fsp3) is 0.588. The van der Waals surface area contributed by atoms with Gasteiger partial charge in [-0.2, -0.15) is 0 Å². The lowest BCUT2D eigenvalue weighted by molar-refractivity contribution is -0.128. The van der Waals surface area contributed by atoms with E-state index in [1.807, 2.05) is 11.8 Å². The fourth-order valence-corrected chi connectivity index (χ4v) is 5.48. The predicted octanol–water partition coefficient (Wildman–Crippen LogP) is 3.76. The van der Waals surface area contributed by atoms with Crippen LogP contribution in [0.4, 0.5) is 0 Å². The highest BCUT2D eigenvalue weighted by atomic mass is 32.2. The summed E-state index contributed by atoms with van der Waals surface area (Å²) < 4.78 is 6.26. The van der Waals surface area contributed by atoms with E-state index in [2.05, 4.69) is 31.2 Å². The first-order valence-corrected chi connectivity index (χ1v) is 8.48. The molecule has 2 bridgehead atoms. The Hall–Kier alpha value is -0.800. The van der Waals surface area contributed by atoms with Crippen LogP contribution in [0.1, 0.15) is 37.7 Å². The summed E-state index contributed by atoms with van der Waals surface area (Å²) in [6.07, 6.45) is 5.23. The standard InChI is InChI=1S/C17H20O2S/c1-11-4-6-13(7-5-11)20-15-9-12-3-2-8-17(12)10-14(18)16(15)19-17/h4-7,12,15-16H,2-3,8-10H2,1H3/t12-,15+,16-,17+/m1/s1. The van der Waals surface area contributed by atoms with E-state index in [0.717, 1.165) is 12.8 Å².